The first-order chi connectivity index (χ1) is 10.4. The molecule has 23 heavy (non-hydrogen) atoms. The van der Waals surface area contributed by atoms with Crippen LogP contribution in [-0.2, 0) is 12.6 Å². The van der Waals surface area contributed by atoms with Crippen molar-refractivity contribution in [2.75, 3.05) is 0 Å². The second-order valence-corrected chi connectivity index (χ2v) is 27.0. The Morgan fingerprint density at radius 2 is 1.57 bits per heavy atom. The SMILES string of the molecule is C[Si](C)(C)I(OS(=O)(=O)C(F)(F)F)c1cccc2ccccc12. The monoisotopic (exact) mass is 476 g/mol. The van der Waals surface area contributed by atoms with Crippen molar-refractivity contribution < 1.29 is 24.1 Å². The van der Waals surface area contributed by atoms with Crippen LogP contribution in [0.15, 0.2) is 42.5 Å². The third kappa shape index (κ3) is 4.06. The number of fused-ring (bicyclic) bond motifs is 1. The molecule has 128 valence electrons. The molecule has 0 amide bonds. The van der Waals surface area contributed by atoms with Crippen molar-refractivity contribution in [1.82, 2.24) is 0 Å². The molecule has 0 aliphatic rings. The van der Waals surface area contributed by atoms with Gasteiger partial charge in [-0.2, -0.15) is 0 Å². The molecule has 9 heteroatoms. The maximum absolute atomic E-state index is 12.7. The van der Waals surface area contributed by atoms with Gasteiger partial charge in [0.25, 0.3) is 0 Å². The van der Waals surface area contributed by atoms with Crippen molar-refractivity contribution in [2.45, 2.75) is 25.1 Å². The van der Waals surface area contributed by atoms with Gasteiger partial charge in [0, 0.05) is 0 Å². The molecule has 0 bridgehead atoms. The Balaban J connectivity index is 2.61. The summed E-state index contributed by atoms with van der Waals surface area (Å²) < 4.78 is 66.7. The van der Waals surface area contributed by atoms with E-state index in [4.69, 9.17) is 2.51 Å². The maximum atomic E-state index is 12.7. The molecule has 0 aliphatic heterocycles. The zero-order valence-electron chi connectivity index (χ0n) is 12.7. The van der Waals surface area contributed by atoms with Crippen molar-refractivity contribution in [3.63, 3.8) is 0 Å². The van der Waals surface area contributed by atoms with Crippen LogP contribution >= 0.6 is 19.4 Å². The van der Waals surface area contributed by atoms with Crippen LogP contribution in [-0.4, -0.2) is 19.5 Å². The van der Waals surface area contributed by atoms with Crippen molar-refractivity contribution in [3.8, 4) is 0 Å². The molecule has 2 aromatic rings. The Hall–Kier alpha value is -0.653. The van der Waals surface area contributed by atoms with Gasteiger partial charge in [0.1, 0.15) is 0 Å². The first-order valence-corrected chi connectivity index (χ1v) is 16.6. The molecule has 0 saturated heterocycles. The molecule has 0 saturated carbocycles. The molecule has 0 spiro atoms. The number of hydrogen-bond acceptors (Lipinski definition) is 3. The summed E-state index contributed by atoms with van der Waals surface area (Å²) in [5.74, 6) is 0. The van der Waals surface area contributed by atoms with E-state index in [0.29, 0.717) is 3.57 Å². The molecule has 3 nitrogen and oxygen atoms in total. The predicted octanol–water partition coefficient (Wildman–Crippen LogP) is 5.13. The molecule has 0 heterocycles. The summed E-state index contributed by atoms with van der Waals surface area (Å²) in [6.07, 6.45) is 0. The fraction of sp³-hybridized carbons (Fsp3) is 0.286. The van der Waals surface area contributed by atoms with Gasteiger partial charge in [-0.1, -0.05) is 0 Å². The average Bonchev–Trinajstić information content (AvgIpc) is 2.42. The summed E-state index contributed by atoms with van der Waals surface area (Å²) in [5, 5.41) is 1.62. The first-order valence-electron chi connectivity index (χ1n) is 6.62. The van der Waals surface area contributed by atoms with Crippen LogP contribution in [0.3, 0.4) is 0 Å². The van der Waals surface area contributed by atoms with Crippen LogP contribution in [0.25, 0.3) is 10.8 Å². The van der Waals surface area contributed by atoms with E-state index >= 15 is 0 Å². The van der Waals surface area contributed by atoms with Crippen molar-refractivity contribution in [3.05, 3.63) is 46.0 Å². The third-order valence-corrected chi connectivity index (χ3v) is 20.7. The summed E-state index contributed by atoms with van der Waals surface area (Å²) in [6.45, 7) is 5.52. The fourth-order valence-electron chi connectivity index (χ4n) is 1.89. The second-order valence-electron chi connectivity index (χ2n) is 5.74. The first kappa shape index (κ1) is 18.7. The minimum atomic E-state index is -5.59. The van der Waals surface area contributed by atoms with E-state index in [9.17, 15) is 21.6 Å². The van der Waals surface area contributed by atoms with Gasteiger partial charge >= 0.3 is 141 Å². The van der Waals surface area contributed by atoms with E-state index in [1.165, 1.54) is 0 Å². The molecular formula is C14H16F3IO3SSi. The van der Waals surface area contributed by atoms with E-state index < -0.39 is 40.6 Å². The Bertz CT molecular complexity index is 811. The number of benzene rings is 2. The van der Waals surface area contributed by atoms with E-state index in [-0.39, 0.29) is 0 Å². The molecule has 0 radical (unpaired) electrons. The molecular weight excluding hydrogens is 460 g/mol. The van der Waals surface area contributed by atoms with Crippen molar-refractivity contribution >= 4 is 45.9 Å². The molecule has 0 fully saturated rings. The Kier molecular flexibility index (Phi) is 5.15. The summed E-state index contributed by atoms with van der Waals surface area (Å²) in [4.78, 5) is 0. The Morgan fingerprint density at radius 3 is 2.13 bits per heavy atom. The molecule has 0 unspecified atom stereocenters. The van der Waals surface area contributed by atoms with Crippen molar-refractivity contribution in [2.24, 2.45) is 0 Å². The second kappa shape index (κ2) is 6.34. The standard InChI is InChI=1S/C14H16F3IO3SSi/c1-23(2,3)18(21-22(19,20)14(15,16)17)13-10-6-8-11-7-4-5-9-12(11)13/h4-10H,1-3H3. The molecule has 2 aromatic carbocycles. The summed E-state index contributed by atoms with van der Waals surface area (Å²) in [5.41, 5.74) is -7.67. The van der Waals surface area contributed by atoms with Crippen LogP contribution in [0.4, 0.5) is 13.2 Å². The molecule has 0 aromatic heterocycles. The normalized spacial score (nSPS) is 14.1. The molecule has 2 rings (SSSR count). The minimum absolute atomic E-state index is 0.624. The van der Waals surface area contributed by atoms with Gasteiger partial charge in [0.05, 0.1) is 0 Å². The van der Waals surface area contributed by atoms with Gasteiger partial charge in [0.15, 0.2) is 0 Å². The third-order valence-electron chi connectivity index (χ3n) is 2.87. The quantitative estimate of drug-likeness (QED) is 0.266. The topological polar surface area (TPSA) is 43.4 Å². The van der Waals surface area contributed by atoms with E-state index in [0.717, 1.165) is 10.8 Å². The Labute approximate surface area is 141 Å². The van der Waals surface area contributed by atoms with Gasteiger partial charge in [-0.15, -0.1) is 0 Å². The van der Waals surface area contributed by atoms with E-state index in [2.05, 4.69) is 0 Å². The number of alkyl halides is 3. The molecule has 0 N–H and O–H groups in total. The predicted molar refractivity (Wildman–Crippen MR) is 96.1 cm³/mol. The summed E-state index contributed by atoms with van der Waals surface area (Å²) >= 11 is -3.04. The van der Waals surface area contributed by atoms with E-state index in [1.54, 1.807) is 24.3 Å². The van der Waals surface area contributed by atoms with Gasteiger partial charge in [-0.25, -0.2) is 0 Å². The van der Waals surface area contributed by atoms with Crippen LogP contribution < -0.4 is 0 Å². The van der Waals surface area contributed by atoms with Gasteiger partial charge in [0.2, 0.25) is 0 Å². The number of halogens is 4. The fourth-order valence-corrected chi connectivity index (χ4v) is 20.6. The summed E-state index contributed by atoms with van der Waals surface area (Å²) in [6, 6.07) is 12.5. The summed E-state index contributed by atoms with van der Waals surface area (Å²) in [7, 11) is -5.59. The molecule has 0 aliphatic carbocycles. The van der Waals surface area contributed by atoms with Crippen LogP contribution in [0.1, 0.15) is 0 Å². The van der Waals surface area contributed by atoms with Gasteiger partial charge in [-0.05, 0) is 0 Å². The Morgan fingerprint density at radius 1 is 1.00 bits per heavy atom. The van der Waals surface area contributed by atoms with E-state index in [1.807, 2.05) is 37.8 Å². The zero-order chi connectivity index (χ0) is 17.5. The van der Waals surface area contributed by atoms with Gasteiger partial charge < -0.3 is 0 Å². The number of rotatable bonds is 4. The van der Waals surface area contributed by atoms with Crippen LogP contribution in [0.2, 0.25) is 19.6 Å². The van der Waals surface area contributed by atoms with Crippen LogP contribution in [0.5, 0.6) is 0 Å². The zero-order valence-corrected chi connectivity index (χ0v) is 16.7. The van der Waals surface area contributed by atoms with Crippen molar-refractivity contribution in [1.29, 1.82) is 0 Å². The van der Waals surface area contributed by atoms with Crippen LogP contribution in [0, 0.1) is 3.57 Å². The number of hydrogen-bond donors (Lipinski definition) is 0. The van der Waals surface area contributed by atoms with Gasteiger partial charge in [-0.3, -0.25) is 0 Å². The molecule has 0 atom stereocenters. The average molecular weight is 476 g/mol.